The molecule has 0 spiro atoms. The molecule has 0 aliphatic carbocycles. The Labute approximate surface area is 91.7 Å². The Bertz CT molecular complexity index is 359. The van der Waals surface area contributed by atoms with Crippen LogP contribution in [-0.2, 0) is 0 Å². The summed E-state index contributed by atoms with van der Waals surface area (Å²) in [5.41, 5.74) is 8.43. The van der Waals surface area contributed by atoms with E-state index in [-0.39, 0.29) is 0 Å². The quantitative estimate of drug-likeness (QED) is 0.833. The molecular formula is C11H13F3N2. The standard InChI is InChI=1S/C11H13F3N2/c12-11(13,14)10(16,8-15)7-6-9-4-2-1-3-5-9/h1-7H,8,15-16H2/b7-6+/t10-/m0/s1. The normalized spacial score (nSPS) is 16.3. The van der Waals surface area contributed by atoms with E-state index in [1.165, 1.54) is 6.08 Å². The van der Waals surface area contributed by atoms with Crippen molar-refractivity contribution in [2.45, 2.75) is 11.7 Å². The van der Waals surface area contributed by atoms with Crippen LogP contribution in [0.15, 0.2) is 36.4 Å². The average Bonchev–Trinajstić information content (AvgIpc) is 2.26. The van der Waals surface area contributed by atoms with E-state index in [0.717, 1.165) is 6.08 Å². The van der Waals surface area contributed by atoms with Crippen LogP contribution in [0.4, 0.5) is 13.2 Å². The van der Waals surface area contributed by atoms with Crippen molar-refractivity contribution >= 4 is 6.08 Å². The highest BCUT2D eigenvalue weighted by Gasteiger charge is 2.49. The lowest BCUT2D eigenvalue weighted by atomic mass is 9.99. The molecule has 88 valence electrons. The molecule has 0 radical (unpaired) electrons. The molecular weight excluding hydrogens is 217 g/mol. The lowest BCUT2D eigenvalue weighted by molar-refractivity contribution is -0.168. The van der Waals surface area contributed by atoms with Gasteiger partial charge in [0.05, 0.1) is 0 Å². The van der Waals surface area contributed by atoms with Crippen molar-refractivity contribution in [3.63, 3.8) is 0 Å². The maximum absolute atomic E-state index is 12.6. The minimum Gasteiger partial charge on any atom is -0.328 e. The summed E-state index contributed by atoms with van der Waals surface area (Å²) in [5, 5.41) is 0. The van der Waals surface area contributed by atoms with Crippen LogP contribution >= 0.6 is 0 Å². The highest BCUT2D eigenvalue weighted by molar-refractivity contribution is 5.51. The SMILES string of the molecule is NC[C@@](N)(/C=C/c1ccccc1)C(F)(F)F. The second-order valence-electron chi connectivity index (χ2n) is 3.49. The van der Waals surface area contributed by atoms with Gasteiger partial charge in [0.15, 0.2) is 0 Å². The third kappa shape index (κ3) is 2.84. The van der Waals surface area contributed by atoms with Crippen molar-refractivity contribution in [2.75, 3.05) is 6.54 Å². The van der Waals surface area contributed by atoms with Gasteiger partial charge in [0.1, 0.15) is 5.54 Å². The van der Waals surface area contributed by atoms with Gasteiger partial charge in [-0.1, -0.05) is 42.5 Å². The summed E-state index contributed by atoms with van der Waals surface area (Å²) in [7, 11) is 0. The summed E-state index contributed by atoms with van der Waals surface area (Å²) in [4.78, 5) is 0. The van der Waals surface area contributed by atoms with Gasteiger partial charge < -0.3 is 11.5 Å². The molecule has 0 unspecified atom stereocenters. The molecule has 0 aliphatic heterocycles. The Kier molecular flexibility index (Phi) is 3.72. The maximum atomic E-state index is 12.6. The summed E-state index contributed by atoms with van der Waals surface area (Å²) in [6.45, 7) is -0.681. The summed E-state index contributed by atoms with van der Waals surface area (Å²) in [5.74, 6) is 0. The Balaban J connectivity index is 2.90. The zero-order valence-electron chi connectivity index (χ0n) is 8.54. The van der Waals surface area contributed by atoms with E-state index in [2.05, 4.69) is 0 Å². The topological polar surface area (TPSA) is 52.0 Å². The summed E-state index contributed by atoms with van der Waals surface area (Å²) >= 11 is 0. The van der Waals surface area contributed by atoms with Crippen molar-refractivity contribution in [1.82, 2.24) is 0 Å². The first-order valence-corrected chi connectivity index (χ1v) is 4.69. The van der Waals surface area contributed by atoms with Gasteiger partial charge in [0.25, 0.3) is 0 Å². The van der Waals surface area contributed by atoms with Crippen LogP contribution in [0.3, 0.4) is 0 Å². The molecule has 4 N–H and O–H groups in total. The molecule has 1 rings (SSSR count). The maximum Gasteiger partial charge on any atom is 0.411 e. The van der Waals surface area contributed by atoms with Gasteiger partial charge in [-0.25, -0.2) is 0 Å². The molecule has 5 heteroatoms. The first kappa shape index (κ1) is 12.7. The minimum absolute atomic E-state index is 0.648. The molecule has 0 heterocycles. The molecule has 0 bridgehead atoms. The second-order valence-corrected chi connectivity index (χ2v) is 3.49. The van der Waals surface area contributed by atoms with Crippen LogP contribution in [0.1, 0.15) is 5.56 Å². The van der Waals surface area contributed by atoms with Gasteiger partial charge in [0, 0.05) is 6.54 Å². The van der Waals surface area contributed by atoms with Crippen LogP contribution in [0.2, 0.25) is 0 Å². The fourth-order valence-corrected chi connectivity index (χ4v) is 1.09. The molecule has 0 aromatic heterocycles. The zero-order chi connectivity index (χ0) is 12.2. The number of hydrogen-bond acceptors (Lipinski definition) is 2. The molecule has 0 saturated carbocycles. The zero-order valence-corrected chi connectivity index (χ0v) is 8.54. The number of nitrogens with two attached hydrogens (primary N) is 2. The molecule has 1 aromatic rings. The fourth-order valence-electron chi connectivity index (χ4n) is 1.09. The van der Waals surface area contributed by atoms with E-state index in [9.17, 15) is 13.2 Å². The van der Waals surface area contributed by atoms with Gasteiger partial charge >= 0.3 is 6.18 Å². The van der Waals surface area contributed by atoms with E-state index >= 15 is 0 Å². The average molecular weight is 230 g/mol. The molecule has 1 aromatic carbocycles. The predicted octanol–water partition coefficient (Wildman–Crippen LogP) is 1.92. The largest absolute Gasteiger partial charge is 0.411 e. The van der Waals surface area contributed by atoms with Crippen LogP contribution in [0, 0.1) is 0 Å². The summed E-state index contributed by atoms with van der Waals surface area (Å²) in [6, 6.07) is 8.61. The van der Waals surface area contributed by atoms with Crippen molar-refractivity contribution in [3.8, 4) is 0 Å². The van der Waals surface area contributed by atoms with Crippen LogP contribution in [0.5, 0.6) is 0 Å². The van der Waals surface area contributed by atoms with Gasteiger partial charge in [-0.3, -0.25) is 0 Å². The monoisotopic (exact) mass is 230 g/mol. The van der Waals surface area contributed by atoms with E-state index in [1.807, 2.05) is 0 Å². The molecule has 0 aliphatic rings. The van der Waals surface area contributed by atoms with Crippen molar-refractivity contribution in [2.24, 2.45) is 11.5 Å². The van der Waals surface area contributed by atoms with E-state index in [0.29, 0.717) is 5.56 Å². The van der Waals surface area contributed by atoms with Crippen molar-refractivity contribution in [3.05, 3.63) is 42.0 Å². The second kappa shape index (κ2) is 4.67. The first-order chi connectivity index (χ1) is 7.39. The molecule has 0 fully saturated rings. The lowest BCUT2D eigenvalue weighted by Gasteiger charge is -2.26. The smallest absolute Gasteiger partial charge is 0.328 e. The van der Waals surface area contributed by atoms with Gasteiger partial charge in [-0.2, -0.15) is 13.2 Å². The highest BCUT2D eigenvalue weighted by atomic mass is 19.4. The van der Waals surface area contributed by atoms with Gasteiger partial charge in [0.2, 0.25) is 0 Å². The van der Waals surface area contributed by atoms with Crippen molar-refractivity contribution < 1.29 is 13.2 Å². The number of hydrogen-bond donors (Lipinski definition) is 2. The third-order valence-corrected chi connectivity index (χ3v) is 2.24. The summed E-state index contributed by atoms with van der Waals surface area (Å²) in [6.07, 6.45) is -2.34. The van der Waals surface area contributed by atoms with E-state index in [1.54, 1.807) is 30.3 Å². The Hall–Kier alpha value is -1.33. The van der Waals surface area contributed by atoms with Gasteiger partial charge in [-0.15, -0.1) is 0 Å². The third-order valence-electron chi connectivity index (χ3n) is 2.24. The Morgan fingerprint density at radius 2 is 1.69 bits per heavy atom. The Morgan fingerprint density at radius 1 is 1.12 bits per heavy atom. The van der Waals surface area contributed by atoms with Crippen LogP contribution in [0.25, 0.3) is 6.08 Å². The fraction of sp³-hybridized carbons (Fsp3) is 0.273. The molecule has 1 atom stereocenters. The summed E-state index contributed by atoms with van der Waals surface area (Å²) < 4.78 is 37.7. The Morgan fingerprint density at radius 3 is 2.12 bits per heavy atom. The van der Waals surface area contributed by atoms with Crippen LogP contribution < -0.4 is 11.5 Å². The number of halogens is 3. The van der Waals surface area contributed by atoms with Gasteiger partial charge in [-0.05, 0) is 5.56 Å². The number of rotatable bonds is 3. The predicted molar refractivity (Wildman–Crippen MR) is 57.5 cm³/mol. The highest BCUT2D eigenvalue weighted by Crippen LogP contribution is 2.29. The minimum atomic E-state index is -4.55. The molecule has 2 nitrogen and oxygen atoms in total. The van der Waals surface area contributed by atoms with E-state index < -0.39 is 18.3 Å². The number of benzene rings is 1. The molecule has 0 amide bonds. The lowest BCUT2D eigenvalue weighted by Crippen LogP contribution is -2.57. The molecule has 0 saturated heterocycles. The first-order valence-electron chi connectivity index (χ1n) is 4.69. The van der Waals surface area contributed by atoms with Crippen molar-refractivity contribution in [1.29, 1.82) is 0 Å². The number of alkyl halides is 3. The van der Waals surface area contributed by atoms with Crippen LogP contribution in [-0.4, -0.2) is 18.3 Å². The van der Waals surface area contributed by atoms with E-state index in [4.69, 9.17) is 11.5 Å². The molecule has 16 heavy (non-hydrogen) atoms.